The summed E-state index contributed by atoms with van der Waals surface area (Å²) in [6.45, 7) is 2.10. The van der Waals surface area contributed by atoms with Crippen LogP contribution in [0.4, 0.5) is 0 Å². The van der Waals surface area contributed by atoms with Crippen LogP contribution < -0.4 is 10.5 Å². The first kappa shape index (κ1) is 16.8. The summed E-state index contributed by atoms with van der Waals surface area (Å²) < 4.78 is 37.3. The first-order valence-electron chi connectivity index (χ1n) is 5.51. The minimum atomic E-state index is -3.47. The Morgan fingerprint density at radius 3 is 2.12 bits per heavy atom. The standard InChI is InChI=1S/C9H23N3O4S/c1-15-8-6-12(7-9-16-2)17(13,14)11-5-3-4-10/h11H,3-10H2,1-2H3. The molecule has 0 aromatic rings. The lowest BCUT2D eigenvalue weighted by Gasteiger charge is -2.21. The van der Waals surface area contributed by atoms with Crippen molar-refractivity contribution in [3.63, 3.8) is 0 Å². The molecule has 0 spiro atoms. The van der Waals surface area contributed by atoms with Crippen molar-refractivity contribution < 1.29 is 17.9 Å². The Labute approximate surface area is 103 Å². The molecule has 0 rings (SSSR count). The van der Waals surface area contributed by atoms with E-state index in [9.17, 15) is 8.42 Å². The van der Waals surface area contributed by atoms with Crippen LogP contribution in [0.1, 0.15) is 6.42 Å². The van der Waals surface area contributed by atoms with Crippen molar-refractivity contribution in [2.75, 3.05) is 53.6 Å². The zero-order chi connectivity index (χ0) is 13.1. The Kier molecular flexibility index (Phi) is 9.60. The van der Waals surface area contributed by atoms with Gasteiger partial charge in [-0.25, -0.2) is 4.72 Å². The summed E-state index contributed by atoms with van der Waals surface area (Å²) in [5, 5.41) is 0. The lowest BCUT2D eigenvalue weighted by Crippen LogP contribution is -2.44. The molecule has 0 amide bonds. The topological polar surface area (TPSA) is 93.9 Å². The molecule has 0 heterocycles. The smallest absolute Gasteiger partial charge is 0.279 e. The minimum absolute atomic E-state index is 0.303. The molecule has 3 N–H and O–H groups in total. The molecule has 104 valence electrons. The maximum atomic E-state index is 11.9. The number of hydrogen-bond acceptors (Lipinski definition) is 5. The van der Waals surface area contributed by atoms with Crippen LogP contribution in [0.25, 0.3) is 0 Å². The first-order chi connectivity index (χ1) is 8.08. The highest BCUT2D eigenvalue weighted by Crippen LogP contribution is 1.98. The highest BCUT2D eigenvalue weighted by molar-refractivity contribution is 7.87. The lowest BCUT2D eigenvalue weighted by atomic mass is 10.4. The summed E-state index contributed by atoms with van der Waals surface area (Å²) in [7, 11) is -0.410. The highest BCUT2D eigenvalue weighted by atomic mass is 32.2. The van der Waals surface area contributed by atoms with Gasteiger partial charge in [0, 0.05) is 33.9 Å². The molecule has 0 aliphatic rings. The summed E-state index contributed by atoms with van der Waals surface area (Å²) in [5.41, 5.74) is 5.31. The molecule has 17 heavy (non-hydrogen) atoms. The molecule has 0 fully saturated rings. The monoisotopic (exact) mass is 269 g/mol. The van der Waals surface area contributed by atoms with Gasteiger partial charge in [0.1, 0.15) is 0 Å². The lowest BCUT2D eigenvalue weighted by molar-refractivity contribution is 0.149. The second-order valence-electron chi connectivity index (χ2n) is 3.43. The van der Waals surface area contributed by atoms with Crippen LogP contribution >= 0.6 is 0 Å². The van der Waals surface area contributed by atoms with Crippen LogP contribution in [-0.2, 0) is 19.7 Å². The molecule has 7 nitrogen and oxygen atoms in total. The van der Waals surface area contributed by atoms with E-state index in [4.69, 9.17) is 15.2 Å². The van der Waals surface area contributed by atoms with E-state index in [2.05, 4.69) is 4.72 Å². The van der Waals surface area contributed by atoms with Crippen molar-refractivity contribution in [1.82, 2.24) is 9.03 Å². The largest absolute Gasteiger partial charge is 0.383 e. The summed E-state index contributed by atoms with van der Waals surface area (Å²) in [5.74, 6) is 0. The van der Waals surface area contributed by atoms with Crippen LogP contribution in [0.3, 0.4) is 0 Å². The van der Waals surface area contributed by atoms with E-state index in [1.807, 2.05) is 0 Å². The molecular weight excluding hydrogens is 246 g/mol. The first-order valence-corrected chi connectivity index (χ1v) is 6.95. The van der Waals surface area contributed by atoms with Gasteiger partial charge in [0.25, 0.3) is 10.2 Å². The van der Waals surface area contributed by atoms with Crippen LogP contribution in [0.15, 0.2) is 0 Å². The van der Waals surface area contributed by atoms with Gasteiger partial charge in [0.05, 0.1) is 13.2 Å². The number of ether oxygens (including phenoxy) is 2. The Morgan fingerprint density at radius 2 is 1.71 bits per heavy atom. The fraction of sp³-hybridized carbons (Fsp3) is 1.00. The van der Waals surface area contributed by atoms with Gasteiger partial charge in [-0.15, -0.1) is 0 Å². The van der Waals surface area contributed by atoms with Gasteiger partial charge in [-0.3, -0.25) is 0 Å². The highest BCUT2D eigenvalue weighted by Gasteiger charge is 2.20. The molecule has 0 aliphatic carbocycles. The molecule has 0 aliphatic heterocycles. The van der Waals surface area contributed by atoms with Gasteiger partial charge in [0.2, 0.25) is 0 Å². The predicted molar refractivity (Wildman–Crippen MR) is 65.9 cm³/mol. The van der Waals surface area contributed by atoms with E-state index >= 15 is 0 Å². The molecule has 0 atom stereocenters. The van der Waals surface area contributed by atoms with Gasteiger partial charge in [-0.2, -0.15) is 12.7 Å². The number of rotatable bonds is 11. The number of nitrogens with two attached hydrogens (primary N) is 1. The molecule has 0 unspecified atom stereocenters. The Hall–Kier alpha value is -0.250. The van der Waals surface area contributed by atoms with E-state index in [1.54, 1.807) is 0 Å². The number of nitrogens with zero attached hydrogens (tertiary/aromatic N) is 1. The summed E-state index contributed by atoms with van der Waals surface area (Å²) in [4.78, 5) is 0. The third kappa shape index (κ3) is 7.63. The second-order valence-corrected chi connectivity index (χ2v) is 5.18. The van der Waals surface area contributed by atoms with E-state index < -0.39 is 10.2 Å². The van der Waals surface area contributed by atoms with Gasteiger partial charge in [-0.05, 0) is 13.0 Å². The SMILES string of the molecule is COCCN(CCOC)S(=O)(=O)NCCCN. The molecule has 8 heteroatoms. The van der Waals surface area contributed by atoms with Crippen LogP contribution in [0.5, 0.6) is 0 Å². The van der Waals surface area contributed by atoms with Gasteiger partial charge >= 0.3 is 0 Å². The third-order valence-corrected chi connectivity index (χ3v) is 3.71. The van der Waals surface area contributed by atoms with E-state index in [-0.39, 0.29) is 0 Å². The third-order valence-electron chi connectivity index (χ3n) is 2.09. The van der Waals surface area contributed by atoms with Crippen molar-refractivity contribution >= 4 is 10.2 Å². The van der Waals surface area contributed by atoms with E-state index in [0.717, 1.165) is 0 Å². The van der Waals surface area contributed by atoms with Crippen molar-refractivity contribution in [2.45, 2.75) is 6.42 Å². The zero-order valence-corrected chi connectivity index (χ0v) is 11.3. The van der Waals surface area contributed by atoms with Gasteiger partial charge in [-0.1, -0.05) is 0 Å². The minimum Gasteiger partial charge on any atom is -0.383 e. The number of methoxy groups -OCH3 is 2. The predicted octanol–water partition coefficient (Wildman–Crippen LogP) is -1.24. The van der Waals surface area contributed by atoms with Crippen molar-refractivity contribution in [2.24, 2.45) is 5.73 Å². The van der Waals surface area contributed by atoms with Crippen molar-refractivity contribution in [3.8, 4) is 0 Å². The van der Waals surface area contributed by atoms with Gasteiger partial charge in [0.15, 0.2) is 0 Å². The normalized spacial score (nSPS) is 12.2. The maximum Gasteiger partial charge on any atom is 0.279 e. The average molecular weight is 269 g/mol. The van der Waals surface area contributed by atoms with Crippen LogP contribution in [0, 0.1) is 0 Å². The molecular formula is C9H23N3O4S. The number of hydrogen-bond donors (Lipinski definition) is 2. The van der Waals surface area contributed by atoms with Crippen molar-refractivity contribution in [1.29, 1.82) is 0 Å². The molecule has 0 saturated carbocycles. The number of nitrogens with one attached hydrogen (secondary N) is 1. The average Bonchev–Trinajstić information content (AvgIpc) is 2.29. The molecule has 0 bridgehead atoms. The van der Waals surface area contributed by atoms with Crippen molar-refractivity contribution in [3.05, 3.63) is 0 Å². The summed E-state index contributed by atoms with van der Waals surface area (Å²) >= 11 is 0. The molecule has 0 saturated heterocycles. The summed E-state index contributed by atoms with van der Waals surface area (Å²) in [6.07, 6.45) is 0.613. The fourth-order valence-electron chi connectivity index (χ4n) is 1.13. The zero-order valence-electron chi connectivity index (χ0n) is 10.5. The van der Waals surface area contributed by atoms with E-state index in [0.29, 0.717) is 45.8 Å². The maximum absolute atomic E-state index is 11.9. The molecule has 0 aromatic heterocycles. The fourth-order valence-corrected chi connectivity index (χ4v) is 2.35. The van der Waals surface area contributed by atoms with E-state index in [1.165, 1.54) is 18.5 Å². The molecule has 0 radical (unpaired) electrons. The molecule has 0 aromatic carbocycles. The Bertz CT molecular complexity index is 263. The van der Waals surface area contributed by atoms with Gasteiger partial charge < -0.3 is 15.2 Å². The Balaban J connectivity index is 4.30. The second kappa shape index (κ2) is 9.75. The summed E-state index contributed by atoms with van der Waals surface area (Å²) in [6, 6.07) is 0. The van der Waals surface area contributed by atoms with Crippen LogP contribution in [-0.4, -0.2) is 66.3 Å². The Morgan fingerprint density at radius 1 is 1.18 bits per heavy atom. The van der Waals surface area contributed by atoms with Crippen LogP contribution in [0.2, 0.25) is 0 Å². The quantitative estimate of drug-likeness (QED) is 0.458.